The SMILES string of the molecule is CC(C)C(CN)NC(=O)c1ccc(O)cc1O. The Bertz CT molecular complexity index is 405. The zero-order valence-electron chi connectivity index (χ0n) is 9.97. The Morgan fingerprint density at radius 1 is 1.41 bits per heavy atom. The van der Waals surface area contributed by atoms with Crippen molar-refractivity contribution in [3.63, 3.8) is 0 Å². The Morgan fingerprint density at radius 2 is 2.06 bits per heavy atom. The topological polar surface area (TPSA) is 95.6 Å². The van der Waals surface area contributed by atoms with Gasteiger partial charge in [0.2, 0.25) is 0 Å². The Hall–Kier alpha value is -1.75. The summed E-state index contributed by atoms with van der Waals surface area (Å²) in [6.07, 6.45) is 0. The third-order valence-electron chi connectivity index (χ3n) is 2.60. The van der Waals surface area contributed by atoms with Gasteiger partial charge in [-0.05, 0) is 18.1 Å². The number of carbonyl (C=O) groups is 1. The summed E-state index contributed by atoms with van der Waals surface area (Å²) in [6, 6.07) is 3.70. The van der Waals surface area contributed by atoms with Crippen molar-refractivity contribution in [2.45, 2.75) is 19.9 Å². The van der Waals surface area contributed by atoms with Crippen molar-refractivity contribution in [2.75, 3.05) is 6.54 Å². The molecule has 1 rings (SSSR count). The molecule has 0 saturated heterocycles. The maximum Gasteiger partial charge on any atom is 0.255 e. The van der Waals surface area contributed by atoms with Crippen molar-refractivity contribution >= 4 is 5.91 Å². The molecule has 1 unspecified atom stereocenters. The lowest BCUT2D eigenvalue weighted by molar-refractivity contribution is 0.0925. The summed E-state index contributed by atoms with van der Waals surface area (Å²) in [7, 11) is 0. The average Bonchev–Trinajstić information content (AvgIpc) is 2.24. The van der Waals surface area contributed by atoms with Gasteiger partial charge in [0.1, 0.15) is 11.5 Å². The molecule has 5 N–H and O–H groups in total. The zero-order valence-corrected chi connectivity index (χ0v) is 9.97. The lowest BCUT2D eigenvalue weighted by Gasteiger charge is -2.20. The van der Waals surface area contributed by atoms with Crippen LogP contribution in [0.25, 0.3) is 0 Å². The number of rotatable bonds is 4. The third kappa shape index (κ3) is 3.35. The first-order valence-electron chi connectivity index (χ1n) is 5.48. The van der Waals surface area contributed by atoms with Crippen LogP contribution in [0.4, 0.5) is 0 Å². The van der Waals surface area contributed by atoms with E-state index >= 15 is 0 Å². The molecule has 0 fully saturated rings. The fourth-order valence-corrected chi connectivity index (χ4v) is 1.46. The van der Waals surface area contributed by atoms with E-state index in [1.165, 1.54) is 12.1 Å². The van der Waals surface area contributed by atoms with E-state index < -0.39 is 5.91 Å². The first kappa shape index (κ1) is 13.3. The predicted molar refractivity (Wildman–Crippen MR) is 64.9 cm³/mol. The Labute approximate surface area is 100 Å². The van der Waals surface area contributed by atoms with Gasteiger partial charge >= 0.3 is 0 Å². The van der Waals surface area contributed by atoms with Crippen molar-refractivity contribution in [1.82, 2.24) is 5.32 Å². The number of nitrogens with one attached hydrogen (secondary N) is 1. The molecule has 0 aromatic heterocycles. The van der Waals surface area contributed by atoms with E-state index in [2.05, 4.69) is 5.32 Å². The van der Waals surface area contributed by atoms with Crippen LogP contribution >= 0.6 is 0 Å². The molecule has 0 spiro atoms. The summed E-state index contributed by atoms with van der Waals surface area (Å²) >= 11 is 0. The molecule has 1 aromatic rings. The molecule has 0 aliphatic carbocycles. The number of aromatic hydroxyl groups is 2. The summed E-state index contributed by atoms with van der Waals surface area (Å²) in [4.78, 5) is 11.8. The van der Waals surface area contributed by atoms with Crippen LogP contribution in [0.2, 0.25) is 0 Å². The quantitative estimate of drug-likeness (QED) is 0.624. The van der Waals surface area contributed by atoms with Crippen LogP contribution in [-0.2, 0) is 0 Å². The summed E-state index contributed by atoms with van der Waals surface area (Å²) in [6.45, 7) is 4.24. The molecule has 5 heteroatoms. The van der Waals surface area contributed by atoms with Gasteiger partial charge in [0.25, 0.3) is 5.91 Å². The minimum absolute atomic E-state index is 0.0849. The van der Waals surface area contributed by atoms with Crippen LogP contribution in [0.1, 0.15) is 24.2 Å². The van der Waals surface area contributed by atoms with Crippen molar-refractivity contribution in [2.24, 2.45) is 11.7 Å². The summed E-state index contributed by atoms with van der Waals surface area (Å²) in [5.74, 6) is -0.518. The van der Waals surface area contributed by atoms with E-state index in [1.807, 2.05) is 13.8 Å². The van der Waals surface area contributed by atoms with E-state index in [9.17, 15) is 9.90 Å². The lowest BCUT2D eigenvalue weighted by atomic mass is 10.0. The van der Waals surface area contributed by atoms with Crippen molar-refractivity contribution < 1.29 is 15.0 Å². The lowest BCUT2D eigenvalue weighted by Crippen LogP contribution is -2.43. The highest BCUT2D eigenvalue weighted by molar-refractivity contribution is 5.97. The molecule has 1 aromatic carbocycles. The molecular formula is C12H18N2O3. The number of hydrogen-bond donors (Lipinski definition) is 4. The smallest absolute Gasteiger partial charge is 0.255 e. The van der Waals surface area contributed by atoms with E-state index in [1.54, 1.807) is 0 Å². The van der Waals surface area contributed by atoms with Crippen LogP contribution < -0.4 is 11.1 Å². The highest BCUT2D eigenvalue weighted by Gasteiger charge is 2.17. The zero-order chi connectivity index (χ0) is 13.0. The summed E-state index contributed by atoms with van der Waals surface area (Å²) < 4.78 is 0. The minimum Gasteiger partial charge on any atom is -0.508 e. The van der Waals surface area contributed by atoms with Crippen LogP contribution in [0.15, 0.2) is 18.2 Å². The summed E-state index contributed by atoms with van der Waals surface area (Å²) in [5, 5.41) is 21.4. The number of amides is 1. The highest BCUT2D eigenvalue weighted by Crippen LogP contribution is 2.22. The van der Waals surface area contributed by atoms with E-state index in [-0.39, 0.29) is 29.0 Å². The van der Waals surface area contributed by atoms with E-state index in [0.29, 0.717) is 6.54 Å². The molecule has 1 atom stereocenters. The second kappa shape index (κ2) is 5.54. The van der Waals surface area contributed by atoms with Gasteiger partial charge in [-0.1, -0.05) is 13.8 Å². The number of benzene rings is 1. The van der Waals surface area contributed by atoms with Crippen LogP contribution in [-0.4, -0.2) is 28.7 Å². The Kier molecular flexibility index (Phi) is 4.34. The largest absolute Gasteiger partial charge is 0.508 e. The molecule has 1 amide bonds. The van der Waals surface area contributed by atoms with Gasteiger partial charge in [-0.15, -0.1) is 0 Å². The first-order valence-corrected chi connectivity index (χ1v) is 5.48. The number of phenolic OH excluding ortho intramolecular Hbond substituents is 2. The van der Waals surface area contributed by atoms with Gasteiger partial charge in [-0.25, -0.2) is 0 Å². The Morgan fingerprint density at radius 3 is 2.53 bits per heavy atom. The van der Waals surface area contributed by atoms with Crippen molar-refractivity contribution in [3.8, 4) is 11.5 Å². The number of nitrogens with two attached hydrogens (primary N) is 1. The fraction of sp³-hybridized carbons (Fsp3) is 0.417. The fourth-order valence-electron chi connectivity index (χ4n) is 1.46. The number of phenols is 2. The molecule has 0 heterocycles. The average molecular weight is 238 g/mol. The molecule has 0 aliphatic heterocycles. The molecule has 17 heavy (non-hydrogen) atoms. The van der Waals surface area contributed by atoms with Gasteiger partial charge in [-0.2, -0.15) is 0 Å². The van der Waals surface area contributed by atoms with Gasteiger partial charge in [-0.3, -0.25) is 4.79 Å². The van der Waals surface area contributed by atoms with Gasteiger partial charge in [0, 0.05) is 18.7 Å². The number of carbonyl (C=O) groups excluding carboxylic acids is 1. The van der Waals surface area contributed by atoms with E-state index in [0.717, 1.165) is 6.07 Å². The maximum absolute atomic E-state index is 11.8. The predicted octanol–water partition coefficient (Wildman–Crippen LogP) is 0.811. The highest BCUT2D eigenvalue weighted by atomic mass is 16.3. The summed E-state index contributed by atoms with van der Waals surface area (Å²) in [5.41, 5.74) is 5.67. The standard InChI is InChI=1S/C12H18N2O3/c1-7(2)10(6-13)14-12(17)9-4-3-8(15)5-11(9)16/h3-5,7,10,15-16H,6,13H2,1-2H3,(H,14,17). The van der Waals surface area contributed by atoms with Crippen LogP contribution in [0, 0.1) is 5.92 Å². The maximum atomic E-state index is 11.8. The molecule has 0 bridgehead atoms. The normalized spacial score (nSPS) is 12.5. The molecule has 5 nitrogen and oxygen atoms in total. The molecule has 0 aliphatic rings. The number of hydrogen-bond acceptors (Lipinski definition) is 4. The van der Waals surface area contributed by atoms with E-state index in [4.69, 9.17) is 10.8 Å². The molecule has 0 radical (unpaired) electrons. The van der Waals surface area contributed by atoms with Gasteiger partial charge in [0.15, 0.2) is 0 Å². The molecule has 94 valence electrons. The third-order valence-corrected chi connectivity index (χ3v) is 2.60. The van der Waals surface area contributed by atoms with Gasteiger partial charge in [0.05, 0.1) is 5.56 Å². The van der Waals surface area contributed by atoms with Crippen molar-refractivity contribution in [1.29, 1.82) is 0 Å². The molecule has 0 saturated carbocycles. The Balaban J connectivity index is 2.82. The van der Waals surface area contributed by atoms with Gasteiger partial charge < -0.3 is 21.3 Å². The van der Waals surface area contributed by atoms with Crippen LogP contribution in [0.3, 0.4) is 0 Å². The first-order chi connectivity index (χ1) is 7.95. The molecular weight excluding hydrogens is 220 g/mol. The second-order valence-electron chi connectivity index (χ2n) is 4.26. The van der Waals surface area contributed by atoms with Crippen LogP contribution in [0.5, 0.6) is 11.5 Å². The monoisotopic (exact) mass is 238 g/mol. The second-order valence-corrected chi connectivity index (χ2v) is 4.26. The minimum atomic E-state index is -0.397. The van der Waals surface area contributed by atoms with Crippen molar-refractivity contribution in [3.05, 3.63) is 23.8 Å².